The van der Waals surface area contributed by atoms with Crippen LogP contribution in [0.2, 0.25) is 0 Å². The molecule has 0 aliphatic heterocycles. The molecule has 2 aromatic carbocycles. The smallest absolute Gasteiger partial charge is 0.247 e. The van der Waals surface area contributed by atoms with Gasteiger partial charge in [-0.1, -0.05) is 55.3 Å². The fourth-order valence-electron chi connectivity index (χ4n) is 4.47. The van der Waals surface area contributed by atoms with Crippen LogP contribution in [0.5, 0.6) is 0 Å². The van der Waals surface area contributed by atoms with E-state index in [1.165, 1.54) is 23.5 Å². The summed E-state index contributed by atoms with van der Waals surface area (Å²) in [6.45, 7) is 2.19. The lowest BCUT2D eigenvalue weighted by molar-refractivity contribution is -0.141. The molecule has 1 unspecified atom stereocenters. The van der Waals surface area contributed by atoms with E-state index in [0.717, 1.165) is 47.3 Å². The van der Waals surface area contributed by atoms with Gasteiger partial charge in [-0.15, -0.1) is 11.3 Å². The van der Waals surface area contributed by atoms with Crippen molar-refractivity contribution in [2.75, 3.05) is 0 Å². The molecule has 172 valence electrons. The van der Waals surface area contributed by atoms with Crippen molar-refractivity contribution in [1.29, 1.82) is 0 Å². The van der Waals surface area contributed by atoms with Gasteiger partial charge in [0.05, 0.1) is 6.42 Å². The van der Waals surface area contributed by atoms with Crippen molar-refractivity contribution in [2.24, 2.45) is 0 Å². The molecule has 1 aliphatic carbocycles. The fraction of sp³-hybridized carbons (Fsp3) is 0.333. The summed E-state index contributed by atoms with van der Waals surface area (Å²) in [7, 11) is 0. The molecule has 0 bridgehead atoms. The summed E-state index contributed by atoms with van der Waals surface area (Å²) in [6, 6.07) is 17.1. The van der Waals surface area contributed by atoms with Crippen LogP contribution in [0.25, 0.3) is 0 Å². The molecule has 1 aliphatic rings. The third-order valence-corrected chi connectivity index (χ3v) is 7.11. The Balaban J connectivity index is 1.71. The number of halogens is 1. The SMILES string of the molecule is Cc1ccccc1C(C(=O)NC1CCCC1)N(Cc1ccc(F)cc1)C(=O)Cc1cccs1. The molecule has 3 aromatic rings. The number of nitrogens with one attached hydrogen (secondary N) is 1. The number of hydrogen-bond donors (Lipinski definition) is 1. The summed E-state index contributed by atoms with van der Waals surface area (Å²) in [5.41, 5.74) is 2.55. The largest absolute Gasteiger partial charge is 0.351 e. The molecule has 1 saturated carbocycles. The maximum atomic E-state index is 13.7. The van der Waals surface area contributed by atoms with Crippen molar-refractivity contribution in [1.82, 2.24) is 10.2 Å². The lowest BCUT2D eigenvalue weighted by atomic mass is 9.97. The molecule has 4 rings (SSSR count). The van der Waals surface area contributed by atoms with Crippen molar-refractivity contribution < 1.29 is 14.0 Å². The van der Waals surface area contributed by atoms with Crippen LogP contribution in [0.15, 0.2) is 66.0 Å². The molecule has 1 fully saturated rings. The number of carbonyl (C=O) groups excluding carboxylic acids is 2. The minimum absolute atomic E-state index is 0.128. The van der Waals surface area contributed by atoms with E-state index in [2.05, 4.69) is 5.32 Å². The summed E-state index contributed by atoms with van der Waals surface area (Å²) in [4.78, 5) is 29.9. The van der Waals surface area contributed by atoms with Gasteiger partial charge in [-0.3, -0.25) is 9.59 Å². The zero-order valence-corrected chi connectivity index (χ0v) is 19.6. The quantitative estimate of drug-likeness (QED) is 0.474. The third kappa shape index (κ3) is 5.88. The van der Waals surface area contributed by atoms with Gasteiger partial charge in [0.1, 0.15) is 11.9 Å². The number of thiophene rings is 1. The van der Waals surface area contributed by atoms with Crippen LogP contribution in [0.4, 0.5) is 4.39 Å². The average Bonchev–Trinajstić information content (AvgIpc) is 3.50. The first kappa shape index (κ1) is 23.2. The van der Waals surface area contributed by atoms with E-state index in [1.54, 1.807) is 17.0 Å². The summed E-state index contributed by atoms with van der Waals surface area (Å²) in [5, 5.41) is 5.15. The van der Waals surface area contributed by atoms with Crippen molar-refractivity contribution >= 4 is 23.2 Å². The number of rotatable bonds is 8. The van der Waals surface area contributed by atoms with Crippen molar-refractivity contribution in [3.05, 3.63) is 93.4 Å². The monoisotopic (exact) mass is 464 g/mol. The summed E-state index contributed by atoms with van der Waals surface area (Å²) < 4.78 is 13.5. The van der Waals surface area contributed by atoms with Crippen LogP contribution in [-0.4, -0.2) is 22.8 Å². The molecule has 4 nitrogen and oxygen atoms in total. The highest BCUT2D eigenvalue weighted by molar-refractivity contribution is 7.10. The lowest BCUT2D eigenvalue weighted by Gasteiger charge is -2.33. The standard InChI is InChI=1S/C27H29FN2O2S/c1-19-7-2-5-11-24(19)26(27(32)29-22-8-3-4-9-22)30(18-20-12-14-21(28)15-13-20)25(31)17-23-10-6-16-33-23/h2,5-7,10-16,22,26H,3-4,8-9,17-18H2,1H3,(H,29,32). The zero-order chi connectivity index (χ0) is 23.2. The van der Waals surface area contributed by atoms with Gasteiger partial charge < -0.3 is 10.2 Å². The number of amides is 2. The fourth-order valence-corrected chi connectivity index (χ4v) is 5.16. The molecule has 0 spiro atoms. The first-order valence-corrected chi connectivity index (χ1v) is 12.3. The molecule has 1 aromatic heterocycles. The highest BCUT2D eigenvalue weighted by Crippen LogP contribution is 2.29. The van der Waals surface area contributed by atoms with Crippen LogP contribution in [0, 0.1) is 12.7 Å². The van der Waals surface area contributed by atoms with Crippen molar-refractivity contribution in [3.63, 3.8) is 0 Å². The number of nitrogens with zero attached hydrogens (tertiary/aromatic N) is 1. The molecule has 1 heterocycles. The van der Waals surface area contributed by atoms with Crippen LogP contribution in [0.1, 0.15) is 53.3 Å². The number of carbonyl (C=O) groups is 2. The van der Waals surface area contributed by atoms with Gasteiger partial charge >= 0.3 is 0 Å². The van der Waals surface area contributed by atoms with Crippen LogP contribution < -0.4 is 5.32 Å². The molecule has 1 atom stereocenters. The van der Waals surface area contributed by atoms with E-state index in [1.807, 2.05) is 48.7 Å². The Bertz CT molecular complexity index is 1080. The molecule has 0 radical (unpaired) electrons. The normalized spacial score (nSPS) is 14.7. The van der Waals surface area contributed by atoms with Gasteiger partial charge in [0.25, 0.3) is 0 Å². The van der Waals surface area contributed by atoms with Crippen molar-refractivity contribution in [2.45, 2.75) is 57.7 Å². The van der Waals surface area contributed by atoms with E-state index in [9.17, 15) is 14.0 Å². The second-order valence-corrected chi connectivity index (χ2v) is 9.69. The molecule has 2 amide bonds. The topological polar surface area (TPSA) is 49.4 Å². The Kier molecular flexibility index (Phi) is 7.55. The van der Waals surface area contributed by atoms with Gasteiger partial charge in [-0.2, -0.15) is 0 Å². The van der Waals surface area contributed by atoms with Gasteiger partial charge in [0.2, 0.25) is 11.8 Å². The molecule has 33 heavy (non-hydrogen) atoms. The van der Waals surface area contributed by atoms with Gasteiger partial charge in [-0.05, 0) is 60.0 Å². The maximum absolute atomic E-state index is 13.7. The van der Waals surface area contributed by atoms with E-state index < -0.39 is 6.04 Å². The molecular formula is C27H29FN2O2S. The Morgan fingerprint density at radius 2 is 1.79 bits per heavy atom. The second-order valence-electron chi connectivity index (χ2n) is 8.65. The molecular weight excluding hydrogens is 435 g/mol. The highest BCUT2D eigenvalue weighted by Gasteiger charge is 2.34. The zero-order valence-electron chi connectivity index (χ0n) is 18.8. The summed E-state index contributed by atoms with van der Waals surface area (Å²) in [5.74, 6) is -0.612. The maximum Gasteiger partial charge on any atom is 0.247 e. The van der Waals surface area contributed by atoms with Crippen LogP contribution in [-0.2, 0) is 22.6 Å². The number of hydrogen-bond acceptors (Lipinski definition) is 3. The Morgan fingerprint density at radius 1 is 1.06 bits per heavy atom. The third-order valence-electron chi connectivity index (χ3n) is 6.24. The predicted octanol–water partition coefficient (Wildman–Crippen LogP) is 5.57. The van der Waals surface area contributed by atoms with E-state index >= 15 is 0 Å². The molecule has 1 N–H and O–H groups in total. The average molecular weight is 465 g/mol. The van der Waals surface area contributed by atoms with E-state index in [4.69, 9.17) is 0 Å². The minimum atomic E-state index is -0.760. The Labute approximate surface area is 198 Å². The second kappa shape index (κ2) is 10.8. The Morgan fingerprint density at radius 3 is 2.45 bits per heavy atom. The van der Waals surface area contributed by atoms with E-state index in [0.29, 0.717) is 0 Å². The lowest BCUT2D eigenvalue weighted by Crippen LogP contribution is -2.46. The van der Waals surface area contributed by atoms with Crippen LogP contribution >= 0.6 is 11.3 Å². The first-order chi connectivity index (χ1) is 16.0. The highest BCUT2D eigenvalue weighted by atomic mass is 32.1. The van der Waals surface area contributed by atoms with Crippen molar-refractivity contribution in [3.8, 4) is 0 Å². The minimum Gasteiger partial charge on any atom is -0.351 e. The van der Waals surface area contributed by atoms with Gasteiger partial charge in [0, 0.05) is 17.5 Å². The van der Waals surface area contributed by atoms with Gasteiger partial charge in [-0.25, -0.2) is 4.39 Å². The number of aryl methyl sites for hydroxylation is 1. The number of benzene rings is 2. The van der Waals surface area contributed by atoms with E-state index in [-0.39, 0.29) is 36.6 Å². The van der Waals surface area contributed by atoms with Crippen LogP contribution in [0.3, 0.4) is 0 Å². The predicted molar refractivity (Wildman–Crippen MR) is 129 cm³/mol. The molecule has 6 heteroatoms. The summed E-state index contributed by atoms with van der Waals surface area (Å²) >= 11 is 1.52. The first-order valence-electron chi connectivity index (χ1n) is 11.4. The Hall–Kier alpha value is -2.99. The van der Waals surface area contributed by atoms with Gasteiger partial charge in [0.15, 0.2) is 0 Å². The molecule has 0 saturated heterocycles. The summed E-state index contributed by atoms with van der Waals surface area (Å²) in [6.07, 6.45) is 4.37.